The lowest BCUT2D eigenvalue weighted by molar-refractivity contribution is 0.0972. The van der Waals surface area contributed by atoms with E-state index in [1.54, 1.807) is 12.1 Å². The first-order chi connectivity index (χ1) is 6.65. The minimum atomic E-state index is 0.000231. The minimum absolute atomic E-state index is 0.000231. The number of anilines is 1. The van der Waals surface area contributed by atoms with Crippen LogP contribution in [0.2, 0.25) is 0 Å². The van der Waals surface area contributed by atoms with Crippen LogP contribution in [0.5, 0.6) is 0 Å². The SMILES string of the molecule is Cc1ccc(N)c(C(=O)CCCO)c1. The number of hydrogen-bond donors (Lipinski definition) is 2. The fourth-order valence-electron chi connectivity index (χ4n) is 1.29. The van der Waals surface area contributed by atoms with Crippen LogP contribution in [0.4, 0.5) is 5.69 Å². The highest BCUT2D eigenvalue weighted by Gasteiger charge is 2.08. The van der Waals surface area contributed by atoms with Gasteiger partial charge in [0.1, 0.15) is 0 Å². The van der Waals surface area contributed by atoms with Gasteiger partial charge in [-0.1, -0.05) is 11.6 Å². The van der Waals surface area contributed by atoms with Gasteiger partial charge in [-0.05, 0) is 25.5 Å². The molecule has 0 radical (unpaired) electrons. The predicted molar refractivity (Wildman–Crippen MR) is 56.2 cm³/mol. The van der Waals surface area contributed by atoms with Crippen LogP contribution in [0.15, 0.2) is 18.2 Å². The molecule has 1 aromatic carbocycles. The Morgan fingerprint density at radius 3 is 2.86 bits per heavy atom. The summed E-state index contributed by atoms with van der Waals surface area (Å²) in [5, 5.41) is 8.60. The molecule has 0 aliphatic heterocycles. The third-order valence-electron chi connectivity index (χ3n) is 2.07. The van der Waals surface area contributed by atoms with Crippen LogP contribution in [0.1, 0.15) is 28.8 Å². The van der Waals surface area contributed by atoms with Gasteiger partial charge in [0.2, 0.25) is 0 Å². The van der Waals surface area contributed by atoms with Crippen LogP contribution in [0.3, 0.4) is 0 Å². The zero-order valence-electron chi connectivity index (χ0n) is 8.29. The van der Waals surface area contributed by atoms with Crippen molar-refractivity contribution in [2.45, 2.75) is 19.8 Å². The fraction of sp³-hybridized carbons (Fsp3) is 0.364. The number of aliphatic hydroxyl groups is 1. The first kappa shape index (κ1) is 10.7. The van der Waals surface area contributed by atoms with Crippen LogP contribution < -0.4 is 5.73 Å². The molecule has 3 heteroatoms. The maximum Gasteiger partial charge on any atom is 0.165 e. The van der Waals surface area contributed by atoms with Gasteiger partial charge in [0.15, 0.2) is 5.78 Å². The summed E-state index contributed by atoms with van der Waals surface area (Å²) in [6, 6.07) is 5.40. The van der Waals surface area contributed by atoms with Gasteiger partial charge in [-0.3, -0.25) is 4.79 Å². The first-order valence-corrected chi connectivity index (χ1v) is 4.65. The molecule has 0 saturated carbocycles. The lowest BCUT2D eigenvalue weighted by Crippen LogP contribution is -2.04. The van der Waals surface area contributed by atoms with Crippen molar-refractivity contribution in [3.8, 4) is 0 Å². The van der Waals surface area contributed by atoms with E-state index in [1.165, 1.54) is 0 Å². The first-order valence-electron chi connectivity index (χ1n) is 4.65. The third kappa shape index (κ3) is 2.57. The van der Waals surface area contributed by atoms with Crippen molar-refractivity contribution in [3.63, 3.8) is 0 Å². The molecule has 14 heavy (non-hydrogen) atoms. The van der Waals surface area contributed by atoms with E-state index in [0.29, 0.717) is 24.1 Å². The molecule has 0 heterocycles. The molecule has 0 bridgehead atoms. The Morgan fingerprint density at radius 1 is 1.50 bits per heavy atom. The predicted octanol–water partition coefficient (Wildman–Crippen LogP) is 1.53. The van der Waals surface area contributed by atoms with Crippen molar-refractivity contribution >= 4 is 11.5 Å². The smallest absolute Gasteiger partial charge is 0.165 e. The number of aliphatic hydroxyl groups excluding tert-OH is 1. The molecule has 3 N–H and O–H groups in total. The standard InChI is InChI=1S/C11H15NO2/c1-8-4-5-10(12)9(7-8)11(14)3-2-6-13/h4-5,7,13H,2-3,6,12H2,1H3. The van der Waals surface area contributed by atoms with Gasteiger partial charge in [0, 0.05) is 24.3 Å². The number of carbonyl (C=O) groups is 1. The van der Waals surface area contributed by atoms with E-state index in [0.717, 1.165) is 5.56 Å². The summed E-state index contributed by atoms with van der Waals surface area (Å²) in [7, 11) is 0. The molecule has 0 aromatic heterocycles. The largest absolute Gasteiger partial charge is 0.398 e. The zero-order chi connectivity index (χ0) is 10.6. The molecule has 0 unspecified atom stereocenters. The second-order valence-corrected chi connectivity index (χ2v) is 3.34. The molecular formula is C11H15NO2. The van der Waals surface area contributed by atoms with Gasteiger partial charge in [-0.25, -0.2) is 0 Å². The summed E-state index contributed by atoms with van der Waals surface area (Å²) in [5.41, 5.74) is 7.78. The number of aryl methyl sites for hydroxylation is 1. The number of nitrogens with two attached hydrogens (primary N) is 1. The number of rotatable bonds is 4. The van der Waals surface area contributed by atoms with Gasteiger partial charge in [-0.2, -0.15) is 0 Å². The van der Waals surface area contributed by atoms with Crippen LogP contribution in [0.25, 0.3) is 0 Å². The van der Waals surface area contributed by atoms with Crippen molar-refractivity contribution in [2.75, 3.05) is 12.3 Å². The van der Waals surface area contributed by atoms with E-state index in [9.17, 15) is 4.79 Å². The molecule has 0 amide bonds. The molecular weight excluding hydrogens is 178 g/mol. The quantitative estimate of drug-likeness (QED) is 0.563. The summed E-state index contributed by atoms with van der Waals surface area (Å²) >= 11 is 0. The average molecular weight is 193 g/mol. The molecule has 1 rings (SSSR count). The van der Waals surface area contributed by atoms with Crippen molar-refractivity contribution < 1.29 is 9.90 Å². The molecule has 0 saturated heterocycles. The second kappa shape index (κ2) is 4.77. The van der Waals surface area contributed by atoms with Crippen LogP contribution in [-0.4, -0.2) is 17.5 Å². The monoisotopic (exact) mass is 193 g/mol. The van der Waals surface area contributed by atoms with Gasteiger partial charge < -0.3 is 10.8 Å². The molecule has 76 valence electrons. The Hall–Kier alpha value is -1.35. The Labute approximate surface area is 83.6 Å². The third-order valence-corrected chi connectivity index (χ3v) is 2.07. The Balaban J connectivity index is 2.83. The van der Waals surface area contributed by atoms with Crippen LogP contribution in [0, 0.1) is 6.92 Å². The van der Waals surface area contributed by atoms with Gasteiger partial charge in [-0.15, -0.1) is 0 Å². The normalized spacial score (nSPS) is 10.1. The summed E-state index contributed by atoms with van der Waals surface area (Å²) in [6.45, 7) is 1.96. The summed E-state index contributed by atoms with van der Waals surface area (Å²) in [5.74, 6) is 0.000231. The highest BCUT2D eigenvalue weighted by atomic mass is 16.3. The molecule has 3 nitrogen and oxygen atoms in total. The van der Waals surface area contributed by atoms with E-state index < -0.39 is 0 Å². The van der Waals surface area contributed by atoms with Gasteiger partial charge in [0.05, 0.1) is 0 Å². The summed E-state index contributed by atoms with van der Waals surface area (Å²) in [6.07, 6.45) is 0.844. The number of benzene rings is 1. The highest BCUT2D eigenvalue weighted by Crippen LogP contribution is 2.16. The number of carbonyl (C=O) groups excluding carboxylic acids is 1. The second-order valence-electron chi connectivity index (χ2n) is 3.34. The van der Waals surface area contributed by atoms with E-state index in [2.05, 4.69) is 0 Å². The lowest BCUT2D eigenvalue weighted by atomic mass is 10.0. The molecule has 0 aliphatic rings. The number of hydrogen-bond acceptors (Lipinski definition) is 3. The number of nitrogen functional groups attached to an aromatic ring is 1. The van der Waals surface area contributed by atoms with Crippen LogP contribution >= 0.6 is 0 Å². The van der Waals surface area contributed by atoms with E-state index in [1.807, 2.05) is 13.0 Å². The van der Waals surface area contributed by atoms with E-state index in [-0.39, 0.29) is 12.4 Å². The molecule has 0 fully saturated rings. The Kier molecular flexibility index (Phi) is 3.65. The van der Waals surface area contributed by atoms with Crippen molar-refractivity contribution in [1.29, 1.82) is 0 Å². The van der Waals surface area contributed by atoms with Crippen molar-refractivity contribution in [2.24, 2.45) is 0 Å². The zero-order valence-corrected chi connectivity index (χ0v) is 8.29. The molecule has 0 atom stereocenters. The summed E-state index contributed by atoms with van der Waals surface area (Å²) < 4.78 is 0. The van der Waals surface area contributed by atoms with Crippen molar-refractivity contribution in [1.82, 2.24) is 0 Å². The topological polar surface area (TPSA) is 63.3 Å². The molecule has 1 aromatic rings. The van der Waals surface area contributed by atoms with Gasteiger partial charge >= 0.3 is 0 Å². The van der Waals surface area contributed by atoms with Gasteiger partial charge in [0.25, 0.3) is 0 Å². The maximum absolute atomic E-state index is 11.6. The average Bonchev–Trinajstić information content (AvgIpc) is 2.18. The molecule has 0 aliphatic carbocycles. The summed E-state index contributed by atoms with van der Waals surface area (Å²) in [4.78, 5) is 11.6. The Bertz CT molecular complexity index is 334. The molecule has 0 spiro atoms. The maximum atomic E-state index is 11.6. The minimum Gasteiger partial charge on any atom is -0.398 e. The number of Topliss-reactive ketones (excluding diaryl/α,β-unsaturated/α-hetero) is 1. The highest BCUT2D eigenvalue weighted by molar-refractivity contribution is 6.00. The lowest BCUT2D eigenvalue weighted by Gasteiger charge is -2.05. The van der Waals surface area contributed by atoms with Crippen molar-refractivity contribution in [3.05, 3.63) is 29.3 Å². The fourth-order valence-corrected chi connectivity index (χ4v) is 1.29. The van der Waals surface area contributed by atoms with E-state index >= 15 is 0 Å². The Morgan fingerprint density at radius 2 is 2.21 bits per heavy atom. The number of ketones is 1. The van der Waals surface area contributed by atoms with Crippen LogP contribution in [-0.2, 0) is 0 Å². The van der Waals surface area contributed by atoms with E-state index in [4.69, 9.17) is 10.8 Å².